The van der Waals surface area contributed by atoms with E-state index in [1.807, 2.05) is 0 Å². The zero-order valence-electron chi connectivity index (χ0n) is 10.4. The van der Waals surface area contributed by atoms with Crippen molar-refractivity contribution in [3.63, 3.8) is 0 Å². The van der Waals surface area contributed by atoms with E-state index in [0.29, 0.717) is 6.54 Å². The molecule has 100 valence electrons. The Labute approximate surface area is 108 Å². The molecule has 2 amide bonds. The first kappa shape index (κ1) is 16.2. The van der Waals surface area contributed by atoms with Crippen molar-refractivity contribution < 1.29 is 9.59 Å². The normalized spacial score (nSPS) is 20.2. The molecule has 0 aromatic carbocycles. The lowest BCUT2D eigenvalue weighted by atomic mass is 9.92. The van der Waals surface area contributed by atoms with Crippen LogP contribution in [0.4, 0.5) is 0 Å². The minimum absolute atomic E-state index is 0. The second-order valence-electron chi connectivity index (χ2n) is 4.97. The van der Waals surface area contributed by atoms with Gasteiger partial charge in [-0.25, -0.2) is 0 Å². The summed E-state index contributed by atoms with van der Waals surface area (Å²) >= 11 is 0. The summed E-state index contributed by atoms with van der Waals surface area (Å²) in [6.07, 6.45) is 3.06. The molecule has 0 bridgehead atoms. The predicted molar refractivity (Wildman–Crippen MR) is 68.9 cm³/mol. The highest BCUT2D eigenvalue weighted by atomic mass is 35.5. The number of amides is 2. The van der Waals surface area contributed by atoms with E-state index in [1.165, 1.54) is 0 Å². The van der Waals surface area contributed by atoms with E-state index in [1.54, 1.807) is 13.8 Å². The summed E-state index contributed by atoms with van der Waals surface area (Å²) < 4.78 is 0. The summed E-state index contributed by atoms with van der Waals surface area (Å²) in [6.45, 7) is 4.63. The molecular weight excluding hydrogens is 242 g/mol. The predicted octanol–water partition coefficient (Wildman–Crippen LogP) is 0.178. The molecule has 5 nitrogen and oxygen atoms in total. The van der Waals surface area contributed by atoms with E-state index in [4.69, 9.17) is 5.73 Å². The van der Waals surface area contributed by atoms with Gasteiger partial charge in [0.2, 0.25) is 11.8 Å². The lowest BCUT2D eigenvalue weighted by Crippen LogP contribution is -2.50. The summed E-state index contributed by atoms with van der Waals surface area (Å²) in [5.74, 6) is -0.432. The third-order valence-electron chi connectivity index (χ3n) is 3.00. The highest BCUT2D eigenvalue weighted by Gasteiger charge is 2.27. The van der Waals surface area contributed by atoms with Gasteiger partial charge in [0.05, 0.1) is 11.5 Å². The summed E-state index contributed by atoms with van der Waals surface area (Å²) in [5, 5.41) is 5.93. The Morgan fingerprint density at radius 2 is 2.06 bits per heavy atom. The van der Waals surface area contributed by atoms with Gasteiger partial charge >= 0.3 is 0 Å². The second kappa shape index (κ2) is 6.81. The maximum absolute atomic E-state index is 11.7. The fourth-order valence-corrected chi connectivity index (χ4v) is 1.59. The van der Waals surface area contributed by atoms with Gasteiger partial charge in [-0.05, 0) is 33.2 Å². The number of primary amides is 1. The van der Waals surface area contributed by atoms with Crippen LogP contribution < -0.4 is 16.4 Å². The molecule has 1 rings (SSSR count). The van der Waals surface area contributed by atoms with Crippen LogP contribution in [0.3, 0.4) is 0 Å². The molecule has 1 aliphatic heterocycles. The van der Waals surface area contributed by atoms with Crippen molar-refractivity contribution in [2.45, 2.75) is 39.2 Å². The van der Waals surface area contributed by atoms with Crippen LogP contribution in [0.2, 0.25) is 0 Å². The Bertz CT molecular complexity index is 276. The van der Waals surface area contributed by atoms with E-state index < -0.39 is 11.3 Å². The van der Waals surface area contributed by atoms with Crippen LogP contribution in [0, 0.1) is 5.41 Å². The number of carbonyl (C=O) groups excluding carboxylic acids is 2. The van der Waals surface area contributed by atoms with Gasteiger partial charge in [-0.15, -0.1) is 12.4 Å². The van der Waals surface area contributed by atoms with Gasteiger partial charge in [0.15, 0.2) is 0 Å². The molecule has 1 atom stereocenters. The number of carbonyl (C=O) groups is 2. The molecule has 0 radical (unpaired) electrons. The zero-order valence-corrected chi connectivity index (χ0v) is 11.2. The molecule has 0 aromatic heterocycles. The molecular formula is C11H22ClN3O2. The van der Waals surface area contributed by atoms with Gasteiger partial charge in [0, 0.05) is 6.54 Å². The molecule has 17 heavy (non-hydrogen) atoms. The highest BCUT2D eigenvalue weighted by molar-refractivity contribution is 5.85. The molecule has 0 aliphatic carbocycles. The number of nitrogens with two attached hydrogens (primary N) is 1. The highest BCUT2D eigenvalue weighted by Crippen LogP contribution is 2.12. The van der Waals surface area contributed by atoms with Crippen molar-refractivity contribution in [1.29, 1.82) is 0 Å². The fourth-order valence-electron chi connectivity index (χ4n) is 1.59. The van der Waals surface area contributed by atoms with E-state index in [2.05, 4.69) is 10.6 Å². The number of rotatable bonds is 4. The van der Waals surface area contributed by atoms with E-state index in [-0.39, 0.29) is 24.4 Å². The Hall–Kier alpha value is -0.810. The molecule has 6 heteroatoms. The van der Waals surface area contributed by atoms with Crippen LogP contribution in [0.5, 0.6) is 0 Å². The SMILES string of the molecule is CC(C)(CNC(=O)C1CCCCN1)C(N)=O.Cl. The van der Waals surface area contributed by atoms with Gasteiger partial charge in [-0.3, -0.25) is 9.59 Å². The van der Waals surface area contributed by atoms with Crippen LogP contribution in [0.15, 0.2) is 0 Å². The Morgan fingerprint density at radius 1 is 1.41 bits per heavy atom. The average Bonchev–Trinajstić information content (AvgIpc) is 2.27. The van der Waals surface area contributed by atoms with E-state index in [9.17, 15) is 9.59 Å². The summed E-state index contributed by atoms with van der Waals surface area (Å²) in [7, 11) is 0. The number of nitrogens with one attached hydrogen (secondary N) is 2. The van der Waals surface area contributed by atoms with E-state index in [0.717, 1.165) is 25.8 Å². The number of piperidine rings is 1. The monoisotopic (exact) mass is 263 g/mol. The second-order valence-corrected chi connectivity index (χ2v) is 4.97. The van der Waals surface area contributed by atoms with Gasteiger partial charge in [-0.2, -0.15) is 0 Å². The molecule has 0 spiro atoms. The summed E-state index contributed by atoms with van der Waals surface area (Å²) in [4.78, 5) is 22.8. The van der Waals surface area contributed by atoms with Crippen molar-refractivity contribution in [3.05, 3.63) is 0 Å². The number of halogens is 1. The lowest BCUT2D eigenvalue weighted by Gasteiger charge is -2.25. The Balaban J connectivity index is 0.00000256. The molecule has 1 aliphatic rings. The molecule has 1 heterocycles. The van der Waals surface area contributed by atoms with Gasteiger partial charge in [-0.1, -0.05) is 6.42 Å². The number of hydrogen-bond acceptors (Lipinski definition) is 3. The molecule has 1 unspecified atom stereocenters. The smallest absolute Gasteiger partial charge is 0.237 e. The summed E-state index contributed by atoms with van der Waals surface area (Å²) in [6, 6.07) is -0.113. The van der Waals surface area contributed by atoms with Crippen molar-refractivity contribution in [1.82, 2.24) is 10.6 Å². The Morgan fingerprint density at radius 3 is 2.53 bits per heavy atom. The van der Waals surface area contributed by atoms with Crippen molar-refractivity contribution in [3.8, 4) is 0 Å². The molecule has 4 N–H and O–H groups in total. The average molecular weight is 264 g/mol. The molecule has 0 aromatic rings. The topological polar surface area (TPSA) is 84.2 Å². The zero-order chi connectivity index (χ0) is 12.2. The third kappa shape index (κ3) is 4.91. The summed E-state index contributed by atoms with van der Waals surface area (Å²) in [5.41, 5.74) is 4.54. The van der Waals surface area contributed by atoms with Crippen LogP contribution in [-0.4, -0.2) is 30.9 Å². The lowest BCUT2D eigenvalue weighted by molar-refractivity contribution is -0.127. The molecule has 1 fully saturated rings. The third-order valence-corrected chi connectivity index (χ3v) is 3.00. The Kier molecular flexibility index (Phi) is 6.49. The van der Waals surface area contributed by atoms with E-state index >= 15 is 0 Å². The fraction of sp³-hybridized carbons (Fsp3) is 0.818. The van der Waals surface area contributed by atoms with Crippen molar-refractivity contribution in [2.75, 3.05) is 13.1 Å². The van der Waals surface area contributed by atoms with Gasteiger partial charge in [0.1, 0.15) is 0 Å². The quantitative estimate of drug-likeness (QED) is 0.676. The standard InChI is InChI=1S/C11H21N3O2.ClH/c1-11(2,10(12)16)7-14-9(15)8-5-3-4-6-13-8;/h8,13H,3-7H2,1-2H3,(H2,12,16)(H,14,15);1H. The molecule has 1 saturated heterocycles. The van der Waals surface area contributed by atoms with Crippen LogP contribution >= 0.6 is 12.4 Å². The van der Waals surface area contributed by atoms with Crippen molar-refractivity contribution >= 4 is 24.2 Å². The van der Waals surface area contributed by atoms with Crippen molar-refractivity contribution in [2.24, 2.45) is 11.1 Å². The minimum atomic E-state index is -0.690. The minimum Gasteiger partial charge on any atom is -0.369 e. The molecule has 0 saturated carbocycles. The van der Waals surface area contributed by atoms with Crippen LogP contribution in [0.1, 0.15) is 33.1 Å². The first-order chi connectivity index (χ1) is 7.43. The maximum atomic E-state index is 11.7. The number of hydrogen-bond donors (Lipinski definition) is 3. The van der Waals surface area contributed by atoms with Crippen LogP contribution in [0.25, 0.3) is 0 Å². The first-order valence-corrected chi connectivity index (χ1v) is 5.74. The van der Waals surface area contributed by atoms with Crippen LogP contribution in [-0.2, 0) is 9.59 Å². The maximum Gasteiger partial charge on any atom is 0.237 e. The largest absolute Gasteiger partial charge is 0.369 e. The first-order valence-electron chi connectivity index (χ1n) is 5.74. The van der Waals surface area contributed by atoms with Gasteiger partial charge in [0.25, 0.3) is 0 Å². The van der Waals surface area contributed by atoms with Gasteiger partial charge < -0.3 is 16.4 Å².